The van der Waals surface area contributed by atoms with Crippen LogP contribution >= 0.6 is 0 Å². The van der Waals surface area contributed by atoms with E-state index in [0.717, 1.165) is 22.6 Å². The minimum atomic E-state index is -0.184. The monoisotopic (exact) mass is 339 g/mol. The molecule has 1 saturated heterocycles. The fraction of sp³-hybridized carbons (Fsp3) is 0.389. The van der Waals surface area contributed by atoms with Gasteiger partial charge in [-0.15, -0.1) is 0 Å². The number of nitrogens with zero attached hydrogens (tertiary/aromatic N) is 5. The highest BCUT2D eigenvalue weighted by molar-refractivity contribution is 5.80. The molecule has 130 valence electrons. The van der Waals surface area contributed by atoms with E-state index in [1.54, 1.807) is 6.33 Å². The molecule has 1 fully saturated rings. The molecule has 25 heavy (non-hydrogen) atoms. The number of fused-ring (bicyclic) bond motifs is 1. The molecule has 1 atom stereocenters. The fourth-order valence-electron chi connectivity index (χ4n) is 3.35. The van der Waals surface area contributed by atoms with Crippen molar-refractivity contribution in [2.24, 2.45) is 7.05 Å². The van der Waals surface area contributed by atoms with Gasteiger partial charge < -0.3 is 18.8 Å². The Morgan fingerprint density at radius 3 is 3.00 bits per heavy atom. The first-order chi connectivity index (χ1) is 12.1. The SMILES string of the molecule is Cc1cn(C)c([C@H]2CN(C(=O)Cn3cnc4ccccc43)CCO2)n1. The standard InChI is InChI=1S/C18H21N5O2/c1-13-9-21(2)18(20-13)16-10-22(7-8-25-16)17(24)11-23-12-19-14-5-3-4-6-15(14)23/h3-6,9,12,16H,7-8,10-11H2,1-2H3/t16-/m1/s1. The molecule has 2 aromatic heterocycles. The maximum atomic E-state index is 12.8. The second-order valence-electron chi connectivity index (χ2n) is 6.41. The first-order valence-corrected chi connectivity index (χ1v) is 8.41. The van der Waals surface area contributed by atoms with E-state index in [2.05, 4.69) is 9.97 Å². The van der Waals surface area contributed by atoms with E-state index < -0.39 is 0 Å². The number of rotatable bonds is 3. The summed E-state index contributed by atoms with van der Waals surface area (Å²) in [4.78, 5) is 23.5. The number of hydrogen-bond donors (Lipinski definition) is 0. The molecule has 0 spiro atoms. The van der Waals surface area contributed by atoms with Crippen molar-refractivity contribution in [1.82, 2.24) is 24.0 Å². The zero-order chi connectivity index (χ0) is 17.4. The topological polar surface area (TPSA) is 65.2 Å². The minimum absolute atomic E-state index is 0.0717. The molecule has 0 aliphatic carbocycles. The van der Waals surface area contributed by atoms with Gasteiger partial charge in [0.2, 0.25) is 5.91 Å². The summed E-state index contributed by atoms with van der Waals surface area (Å²) in [6.07, 6.45) is 3.51. The van der Waals surface area contributed by atoms with Crippen LogP contribution in [0.5, 0.6) is 0 Å². The van der Waals surface area contributed by atoms with Crippen molar-refractivity contribution in [3.05, 3.63) is 48.3 Å². The fourth-order valence-corrected chi connectivity index (χ4v) is 3.35. The van der Waals surface area contributed by atoms with Gasteiger partial charge in [0.25, 0.3) is 0 Å². The van der Waals surface area contributed by atoms with Gasteiger partial charge in [0, 0.05) is 19.8 Å². The van der Waals surface area contributed by atoms with Crippen LogP contribution in [0.3, 0.4) is 0 Å². The van der Waals surface area contributed by atoms with E-state index in [0.29, 0.717) is 19.7 Å². The number of carbonyl (C=O) groups excluding carboxylic acids is 1. The van der Waals surface area contributed by atoms with E-state index in [1.165, 1.54) is 0 Å². The molecule has 7 heteroatoms. The second kappa shape index (κ2) is 6.33. The van der Waals surface area contributed by atoms with Crippen LogP contribution in [0.15, 0.2) is 36.8 Å². The molecule has 1 aromatic carbocycles. The highest BCUT2D eigenvalue weighted by Crippen LogP contribution is 2.22. The van der Waals surface area contributed by atoms with Crippen molar-refractivity contribution in [3.8, 4) is 0 Å². The van der Waals surface area contributed by atoms with Gasteiger partial charge in [-0.25, -0.2) is 9.97 Å². The summed E-state index contributed by atoms with van der Waals surface area (Å²) in [6.45, 7) is 3.89. The maximum absolute atomic E-state index is 12.8. The highest BCUT2D eigenvalue weighted by atomic mass is 16.5. The molecule has 1 aliphatic rings. The Labute approximate surface area is 145 Å². The Kier molecular flexibility index (Phi) is 4.01. The molecular weight excluding hydrogens is 318 g/mol. The zero-order valence-corrected chi connectivity index (χ0v) is 14.4. The molecule has 0 bridgehead atoms. The second-order valence-corrected chi connectivity index (χ2v) is 6.41. The molecule has 0 saturated carbocycles. The quantitative estimate of drug-likeness (QED) is 0.728. The molecular formula is C18H21N5O2. The average Bonchev–Trinajstić information content (AvgIpc) is 3.18. The van der Waals surface area contributed by atoms with Crippen LogP contribution in [-0.4, -0.2) is 49.6 Å². The molecule has 7 nitrogen and oxygen atoms in total. The summed E-state index contributed by atoms with van der Waals surface area (Å²) in [7, 11) is 1.96. The third-order valence-electron chi connectivity index (χ3n) is 4.57. The lowest BCUT2D eigenvalue weighted by atomic mass is 10.2. The number of amides is 1. The average molecular weight is 339 g/mol. The van der Waals surface area contributed by atoms with E-state index in [9.17, 15) is 4.79 Å². The summed E-state index contributed by atoms with van der Waals surface area (Å²) < 4.78 is 9.71. The Bertz CT molecular complexity index is 913. The van der Waals surface area contributed by atoms with Crippen LogP contribution in [0.4, 0.5) is 0 Å². The number of hydrogen-bond acceptors (Lipinski definition) is 4. The van der Waals surface area contributed by atoms with Crippen LogP contribution < -0.4 is 0 Å². The number of para-hydroxylation sites is 2. The van der Waals surface area contributed by atoms with Gasteiger partial charge in [0.05, 0.1) is 36.2 Å². The molecule has 1 aliphatic heterocycles. The summed E-state index contributed by atoms with van der Waals surface area (Å²) in [5.74, 6) is 0.936. The number of ether oxygens (including phenoxy) is 1. The van der Waals surface area contributed by atoms with Crippen molar-refractivity contribution in [2.45, 2.75) is 19.6 Å². The van der Waals surface area contributed by atoms with Crippen molar-refractivity contribution < 1.29 is 9.53 Å². The van der Waals surface area contributed by atoms with E-state index >= 15 is 0 Å². The Balaban J connectivity index is 1.49. The number of aryl methyl sites for hydroxylation is 2. The van der Waals surface area contributed by atoms with Crippen LogP contribution in [0.2, 0.25) is 0 Å². The normalized spacial score (nSPS) is 18.0. The first-order valence-electron chi connectivity index (χ1n) is 8.41. The number of imidazole rings is 2. The van der Waals surface area contributed by atoms with Gasteiger partial charge in [0.15, 0.2) is 0 Å². The Morgan fingerprint density at radius 2 is 2.20 bits per heavy atom. The third kappa shape index (κ3) is 3.02. The molecule has 3 aromatic rings. The van der Waals surface area contributed by atoms with Crippen molar-refractivity contribution in [2.75, 3.05) is 19.7 Å². The Hall–Kier alpha value is -2.67. The third-order valence-corrected chi connectivity index (χ3v) is 4.57. The van der Waals surface area contributed by atoms with Gasteiger partial charge in [-0.05, 0) is 19.1 Å². The van der Waals surface area contributed by atoms with Crippen LogP contribution in [0, 0.1) is 6.92 Å². The number of benzene rings is 1. The summed E-state index contributed by atoms with van der Waals surface area (Å²) in [5.41, 5.74) is 2.83. The molecule has 0 unspecified atom stereocenters. The number of carbonyl (C=O) groups is 1. The molecule has 0 N–H and O–H groups in total. The lowest BCUT2D eigenvalue weighted by Gasteiger charge is -2.32. The smallest absolute Gasteiger partial charge is 0.242 e. The van der Waals surface area contributed by atoms with E-state index in [-0.39, 0.29) is 18.6 Å². The maximum Gasteiger partial charge on any atom is 0.242 e. The van der Waals surface area contributed by atoms with E-state index in [1.807, 2.05) is 58.5 Å². The van der Waals surface area contributed by atoms with Gasteiger partial charge >= 0.3 is 0 Å². The van der Waals surface area contributed by atoms with Crippen LogP contribution in [0.1, 0.15) is 17.6 Å². The molecule has 1 amide bonds. The van der Waals surface area contributed by atoms with Gasteiger partial charge in [-0.1, -0.05) is 12.1 Å². The minimum Gasteiger partial charge on any atom is -0.367 e. The molecule has 0 radical (unpaired) electrons. The summed E-state index contributed by atoms with van der Waals surface area (Å²) in [5, 5.41) is 0. The zero-order valence-electron chi connectivity index (χ0n) is 14.4. The van der Waals surface area contributed by atoms with Gasteiger partial charge in [-0.2, -0.15) is 0 Å². The van der Waals surface area contributed by atoms with Crippen LogP contribution in [0.25, 0.3) is 11.0 Å². The first kappa shape index (κ1) is 15.8. The van der Waals surface area contributed by atoms with Gasteiger partial charge in [-0.3, -0.25) is 4.79 Å². The van der Waals surface area contributed by atoms with Gasteiger partial charge in [0.1, 0.15) is 18.5 Å². The largest absolute Gasteiger partial charge is 0.367 e. The lowest BCUT2D eigenvalue weighted by molar-refractivity contribution is -0.140. The summed E-state index contributed by atoms with van der Waals surface area (Å²) >= 11 is 0. The van der Waals surface area contributed by atoms with E-state index in [4.69, 9.17) is 4.74 Å². The van der Waals surface area contributed by atoms with Crippen LogP contribution in [-0.2, 0) is 23.1 Å². The molecule has 4 rings (SSSR count). The molecule has 3 heterocycles. The van der Waals surface area contributed by atoms with Crippen molar-refractivity contribution >= 4 is 16.9 Å². The van der Waals surface area contributed by atoms with Crippen molar-refractivity contribution in [3.63, 3.8) is 0 Å². The highest BCUT2D eigenvalue weighted by Gasteiger charge is 2.28. The Morgan fingerprint density at radius 1 is 1.36 bits per heavy atom. The predicted octanol–water partition coefficient (Wildman–Crippen LogP) is 1.68. The lowest BCUT2D eigenvalue weighted by Crippen LogP contribution is -2.44. The number of morpholine rings is 1. The number of aromatic nitrogens is 4. The van der Waals surface area contributed by atoms with Crippen molar-refractivity contribution in [1.29, 1.82) is 0 Å². The predicted molar refractivity (Wildman–Crippen MR) is 93.0 cm³/mol. The summed E-state index contributed by atoms with van der Waals surface area (Å²) in [6, 6.07) is 7.83.